The van der Waals surface area contributed by atoms with Crippen LogP contribution in [0.5, 0.6) is 0 Å². The fourth-order valence-electron chi connectivity index (χ4n) is 4.35. The van der Waals surface area contributed by atoms with Gasteiger partial charge in [-0.05, 0) is 43.9 Å². The molecule has 0 bridgehead atoms. The van der Waals surface area contributed by atoms with Crippen LogP contribution in [0.1, 0.15) is 59.8 Å². The van der Waals surface area contributed by atoms with E-state index >= 15 is 0 Å². The van der Waals surface area contributed by atoms with Gasteiger partial charge in [0.05, 0.1) is 43.4 Å². The zero-order valence-electron chi connectivity index (χ0n) is 17.0. The van der Waals surface area contributed by atoms with Crippen molar-refractivity contribution >= 4 is 11.9 Å². The highest BCUT2D eigenvalue weighted by atomic mass is 16.6. The molecule has 0 aromatic rings. The highest BCUT2D eigenvalue weighted by Crippen LogP contribution is 2.43. The van der Waals surface area contributed by atoms with Crippen molar-refractivity contribution in [1.29, 1.82) is 0 Å². The first-order valence-electron chi connectivity index (χ1n) is 10.3. The van der Waals surface area contributed by atoms with Crippen molar-refractivity contribution in [2.24, 2.45) is 29.1 Å². The molecule has 27 heavy (non-hydrogen) atoms. The lowest BCUT2D eigenvalue weighted by Gasteiger charge is -2.32. The molecule has 7 unspecified atom stereocenters. The fourth-order valence-corrected chi connectivity index (χ4v) is 4.35. The second-order valence-corrected chi connectivity index (χ2v) is 9.70. The normalized spacial score (nSPS) is 38.6. The summed E-state index contributed by atoms with van der Waals surface area (Å²) >= 11 is 0. The van der Waals surface area contributed by atoms with Gasteiger partial charge in [0.15, 0.2) is 0 Å². The Bertz CT molecular complexity index is 535. The molecule has 0 radical (unpaired) electrons. The number of fused-ring (bicyclic) bond motifs is 1. The van der Waals surface area contributed by atoms with Gasteiger partial charge in [-0.2, -0.15) is 0 Å². The average Bonchev–Trinajstić information content (AvgIpc) is 3.37. The van der Waals surface area contributed by atoms with Crippen molar-refractivity contribution in [1.82, 2.24) is 0 Å². The van der Waals surface area contributed by atoms with Crippen molar-refractivity contribution in [2.45, 2.75) is 78.1 Å². The number of hydrogen-bond acceptors (Lipinski definition) is 6. The number of rotatable bonds is 6. The van der Waals surface area contributed by atoms with E-state index in [9.17, 15) is 14.7 Å². The predicted molar refractivity (Wildman–Crippen MR) is 98.8 cm³/mol. The van der Waals surface area contributed by atoms with Crippen LogP contribution in [0.4, 0.5) is 0 Å². The zero-order chi connectivity index (χ0) is 19.8. The van der Waals surface area contributed by atoms with Crippen LogP contribution in [0.2, 0.25) is 0 Å². The third-order valence-electron chi connectivity index (χ3n) is 6.45. The summed E-state index contributed by atoms with van der Waals surface area (Å²) in [4.78, 5) is 24.9. The summed E-state index contributed by atoms with van der Waals surface area (Å²) in [6, 6.07) is 0. The van der Waals surface area contributed by atoms with E-state index in [0.717, 1.165) is 25.7 Å². The van der Waals surface area contributed by atoms with Crippen molar-refractivity contribution in [3.63, 3.8) is 0 Å². The molecule has 0 aromatic heterocycles. The minimum atomic E-state index is -0.446. The van der Waals surface area contributed by atoms with E-state index in [0.29, 0.717) is 12.5 Å². The number of epoxide rings is 1. The smallest absolute Gasteiger partial charge is 0.309 e. The molecule has 0 spiro atoms. The molecule has 3 rings (SSSR count). The van der Waals surface area contributed by atoms with Gasteiger partial charge < -0.3 is 19.3 Å². The molecule has 154 valence electrons. The van der Waals surface area contributed by atoms with Gasteiger partial charge in [0, 0.05) is 5.41 Å². The maximum Gasteiger partial charge on any atom is 0.309 e. The fraction of sp³-hybridized carbons (Fsp3) is 0.905. The third kappa shape index (κ3) is 5.23. The van der Waals surface area contributed by atoms with Gasteiger partial charge in [-0.3, -0.25) is 9.59 Å². The summed E-state index contributed by atoms with van der Waals surface area (Å²) in [7, 11) is 0. The molecule has 2 saturated carbocycles. The van der Waals surface area contributed by atoms with Crippen LogP contribution in [-0.2, 0) is 23.8 Å². The molecule has 7 atom stereocenters. The van der Waals surface area contributed by atoms with Crippen LogP contribution in [-0.4, -0.2) is 48.6 Å². The second-order valence-electron chi connectivity index (χ2n) is 9.70. The Kier molecular flexibility index (Phi) is 6.16. The highest BCUT2D eigenvalue weighted by Gasteiger charge is 2.49. The van der Waals surface area contributed by atoms with Crippen LogP contribution in [0.15, 0.2) is 0 Å². The SMILES string of the molecule is CC1CCC(O)CC1C(=O)OCC(C)(C)COC(=O)C1CC2OC2CC1C. The van der Waals surface area contributed by atoms with Crippen LogP contribution < -0.4 is 0 Å². The maximum atomic E-state index is 12.5. The Hall–Kier alpha value is -1.14. The molecule has 0 aromatic carbocycles. The van der Waals surface area contributed by atoms with E-state index in [1.54, 1.807) is 0 Å². The summed E-state index contributed by atoms with van der Waals surface area (Å²) < 4.78 is 16.6. The number of carbonyl (C=O) groups is 2. The standard InChI is InChI=1S/C21H34O6/c1-12-5-6-14(22)8-15(12)19(23)25-10-21(3,4)11-26-20(24)16-9-18-17(27-18)7-13(16)2/h12-18,22H,5-11H2,1-4H3. The van der Waals surface area contributed by atoms with Crippen molar-refractivity contribution in [3.8, 4) is 0 Å². The van der Waals surface area contributed by atoms with E-state index in [4.69, 9.17) is 14.2 Å². The largest absolute Gasteiger partial charge is 0.465 e. The predicted octanol–water partition coefficient (Wildman–Crippen LogP) is 2.71. The average molecular weight is 382 g/mol. The van der Waals surface area contributed by atoms with Gasteiger partial charge in [-0.1, -0.05) is 27.7 Å². The van der Waals surface area contributed by atoms with Crippen LogP contribution in [0.25, 0.3) is 0 Å². The van der Waals surface area contributed by atoms with Gasteiger partial charge in [-0.15, -0.1) is 0 Å². The summed E-state index contributed by atoms with van der Waals surface area (Å²) in [5.74, 6) is -0.263. The van der Waals surface area contributed by atoms with Gasteiger partial charge >= 0.3 is 11.9 Å². The number of ether oxygens (including phenoxy) is 3. The first-order chi connectivity index (χ1) is 12.7. The molecular formula is C21H34O6. The minimum absolute atomic E-state index is 0.100. The molecule has 1 heterocycles. The van der Waals surface area contributed by atoms with Gasteiger partial charge in [0.1, 0.15) is 0 Å². The molecule has 1 N–H and O–H groups in total. The van der Waals surface area contributed by atoms with Gasteiger partial charge in [0.25, 0.3) is 0 Å². The Balaban J connectivity index is 1.42. The molecule has 1 aliphatic heterocycles. The summed E-state index contributed by atoms with van der Waals surface area (Å²) in [6.07, 6.45) is 3.91. The van der Waals surface area contributed by atoms with Crippen LogP contribution in [0, 0.1) is 29.1 Å². The highest BCUT2D eigenvalue weighted by molar-refractivity contribution is 5.73. The lowest BCUT2D eigenvalue weighted by Crippen LogP contribution is -2.37. The third-order valence-corrected chi connectivity index (χ3v) is 6.45. The first-order valence-corrected chi connectivity index (χ1v) is 10.3. The molecule has 1 saturated heterocycles. The lowest BCUT2D eigenvalue weighted by atomic mass is 9.79. The Morgan fingerprint density at radius 1 is 0.926 bits per heavy atom. The monoisotopic (exact) mass is 382 g/mol. The minimum Gasteiger partial charge on any atom is -0.465 e. The quantitative estimate of drug-likeness (QED) is 0.562. The molecule has 6 nitrogen and oxygen atoms in total. The van der Waals surface area contributed by atoms with Crippen LogP contribution in [0.3, 0.4) is 0 Å². The van der Waals surface area contributed by atoms with Gasteiger partial charge in [0.2, 0.25) is 0 Å². The summed E-state index contributed by atoms with van der Waals surface area (Å²) in [5, 5.41) is 9.81. The summed E-state index contributed by atoms with van der Waals surface area (Å²) in [6.45, 7) is 8.39. The topological polar surface area (TPSA) is 85.4 Å². The number of esters is 2. The Morgan fingerprint density at radius 3 is 2.11 bits per heavy atom. The van der Waals surface area contributed by atoms with Crippen molar-refractivity contribution in [3.05, 3.63) is 0 Å². The van der Waals surface area contributed by atoms with Crippen LogP contribution >= 0.6 is 0 Å². The van der Waals surface area contributed by atoms with E-state index < -0.39 is 11.5 Å². The summed E-state index contributed by atoms with van der Waals surface area (Å²) in [5.41, 5.74) is -0.446. The maximum absolute atomic E-state index is 12.5. The first kappa shape index (κ1) is 20.6. The lowest BCUT2D eigenvalue weighted by molar-refractivity contribution is -0.161. The second kappa shape index (κ2) is 8.08. The van der Waals surface area contributed by atoms with E-state index in [-0.39, 0.29) is 54.9 Å². The number of aliphatic hydroxyl groups is 1. The molecular weight excluding hydrogens is 348 g/mol. The van der Waals surface area contributed by atoms with E-state index in [1.165, 1.54) is 0 Å². The number of hydrogen-bond donors (Lipinski definition) is 1. The molecule has 3 aliphatic rings. The molecule has 2 aliphatic carbocycles. The number of aliphatic hydroxyl groups excluding tert-OH is 1. The zero-order valence-corrected chi connectivity index (χ0v) is 17.0. The number of carbonyl (C=O) groups excluding carboxylic acids is 2. The van der Waals surface area contributed by atoms with E-state index in [2.05, 4.69) is 6.92 Å². The van der Waals surface area contributed by atoms with Crippen molar-refractivity contribution < 1.29 is 28.9 Å². The Labute approximate surface area is 161 Å². The molecule has 3 fully saturated rings. The molecule has 6 heteroatoms. The van der Waals surface area contributed by atoms with Gasteiger partial charge in [-0.25, -0.2) is 0 Å². The van der Waals surface area contributed by atoms with E-state index in [1.807, 2.05) is 20.8 Å². The molecule has 0 amide bonds. The Morgan fingerprint density at radius 2 is 1.48 bits per heavy atom. The van der Waals surface area contributed by atoms with Crippen molar-refractivity contribution in [2.75, 3.05) is 13.2 Å².